The van der Waals surface area contributed by atoms with E-state index in [1.807, 2.05) is 50.2 Å². The Morgan fingerprint density at radius 3 is 2.07 bits per heavy atom. The summed E-state index contributed by atoms with van der Waals surface area (Å²) in [5, 5.41) is 4.32. The van der Waals surface area contributed by atoms with Gasteiger partial charge in [-0.25, -0.2) is 15.0 Å². The monoisotopic (exact) mass is 372 g/mol. The Labute approximate surface area is 163 Å². The molecule has 0 amide bonds. The molecule has 0 saturated carbocycles. The molecule has 4 rings (SSSR count). The lowest BCUT2D eigenvalue weighted by molar-refractivity contribution is 1.06. The third-order valence-electron chi connectivity index (χ3n) is 4.21. The number of hydrogen-bond acceptors (Lipinski definition) is 5. The minimum Gasteiger partial charge on any atom is -0.324 e. The normalized spacial score (nSPS) is 10.8. The van der Waals surface area contributed by atoms with Crippen molar-refractivity contribution in [2.45, 2.75) is 20.8 Å². The number of nitrogens with zero attached hydrogens (tertiary/aromatic N) is 3. The smallest absolute Gasteiger partial charge is 0.227 e. The lowest BCUT2D eigenvalue weighted by atomic mass is 10.1. The molecule has 4 aromatic rings. The molecule has 2 aromatic heterocycles. The maximum atomic E-state index is 4.86. The molecule has 134 valence electrons. The molecule has 0 aliphatic rings. The largest absolute Gasteiger partial charge is 0.324 e. The Hall–Kier alpha value is -3.05. The average Bonchev–Trinajstić information content (AvgIpc) is 3.04. The molecule has 0 aliphatic heterocycles. The maximum Gasteiger partial charge on any atom is 0.227 e. The van der Waals surface area contributed by atoms with E-state index in [0.717, 1.165) is 38.9 Å². The Morgan fingerprint density at radius 1 is 0.741 bits per heavy atom. The van der Waals surface area contributed by atoms with Crippen molar-refractivity contribution < 1.29 is 0 Å². The van der Waals surface area contributed by atoms with Crippen molar-refractivity contribution in [3.63, 3.8) is 0 Å². The summed E-state index contributed by atoms with van der Waals surface area (Å²) in [5.74, 6) is 0.622. The van der Waals surface area contributed by atoms with Crippen molar-refractivity contribution in [1.29, 1.82) is 0 Å². The lowest BCUT2D eigenvalue weighted by Gasteiger charge is -2.07. The molecule has 27 heavy (non-hydrogen) atoms. The number of rotatable bonds is 4. The van der Waals surface area contributed by atoms with Crippen LogP contribution in [0.3, 0.4) is 0 Å². The molecule has 0 unspecified atom stereocenters. The van der Waals surface area contributed by atoms with Crippen molar-refractivity contribution in [3.05, 3.63) is 76.9 Å². The highest BCUT2D eigenvalue weighted by atomic mass is 32.1. The molecular weight excluding hydrogens is 352 g/mol. The Bertz CT molecular complexity index is 1050. The lowest BCUT2D eigenvalue weighted by Crippen LogP contribution is -1.99. The summed E-state index contributed by atoms with van der Waals surface area (Å²) in [6.07, 6.45) is 0. The fourth-order valence-electron chi connectivity index (χ4n) is 2.99. The maximum absolute atomic E-state index is 4.86. The zero-order chi connectivity index (χ0) is 18.8. The van der Waals surface area contributed by atoms with Gasteiger partial charge in [-0.15, -0.1) is 11.3 Å². The molecule has 0 atom stereocenters. The highest BCUT2D eigenvalue weighted by Crippen LogP contribution is 2.33. The van der Waals surface area contributed by atoms with Crippen LogP contribution >= 0.6 is 11.3 Å². The molecule has 4 nitrogen and oxygen atoms in total. The Morgan fingerprint density at radius 2 is 1.41 bits per heavy atom. The first kappa shape index (κ1) is 17.4. The molecule has 0 radical (unpaired) electrons. The summed E-state index contributed by atoms with van der Waals surface area (Å²) in [4.78, 5) is 14.9. The number of hydrogen-bond donors (Lipinski definition) is 1. The summed E-state index contributed by atoms with van der Waals surface area (Å²) in [6.45, 7) is 6.06. The van der Waals surface area contributed by atoms with E-state index < -0.39 is 0 Å². The van der Waals surface area contributed by atoms with Crippen LogP contribution in [-0.2, 0) is 0 Å². The third kappa shape index (κ3) is 3.88. The van der Waals surface area contributed by atoms with Gasteiger partial charge in [0.05, 0.1) is 5.69 Å². The van der Waals surface area contributed by atoms with E-state index in [1.165, 1.54) is 4.88 Å². The second-order valence-electron chi connectivity index (χ2n) is 6.47. The first-order valence-electron chi connectivity index (χ1n) is 8.81. The van der Waals surface area contributed by atoms with E-state index in [1.54, 1.807) is 11.3 Å². The van der Waals surface area contributed by atoms with Gasteiger partial charge in [-0.3, -0.25) is 0 Å². The van der Waals surface area contributed by atoms with Gasteiger partial charge in [0.15, 0.2) is 0 Å². The summed E-state index contributed by atoms with van der Waals surface area (Å²) in [7, 11) is 0. The van der Waals surface area contributed by atoms with Crippen LogP contribution in [0, 0.1) is 20.8 Å². The third-order valence-corrected chi connectivity index (χ3v) is 5.23. The minimum atomic E-state index is 0.622. The molecule has 0 fully saturated rings. The molecule has 2 heterocycles. The zero-order valence-corrected chi connectivity index (χ0v) is 16.3. The zero-order valence-electron chi connectivity index (χ0n) is 15.5. The SMILES string of the molecule is Cc1cc(C)nc(Nc2ccc(-c3nc(-c4ccccc4)sc3C)cc2)n1. The van der Waals surface area contributed by atoms with Crippen molar-refractivity contribution in [2.75, 3.05) is 5.32 Å². The molecular formula is C22H20N4S. The van der Waals surface area contributed by atoms with E-state index >= 15 is 0 Å². The molecule has 0 saturated heterocycles. The topological polar surface area (TPSA) is 50.7 Å². The van der Waals surface area contributed by atoms with Gasteiger partial charge in [-0.05, 0) is 39.0 Å². The molecule has 5 heteroatoms. The van der Waals surface area contributed by atoms with E-state index in [-0.39, 0.29) is 0 Å². The second-order valence-corrected chi connectivity index (χ2v) is 7.67. The number of aryl methyl sites for hydroxylation is 3. The van der Waals surface area contributed by atoms with Crippen LogP contribution in [0.25, 0.3) is 21.8 Å². The van der Waals surface area contributed by atoms with Crippen molar-refractivity contribution in [1.82, 2.24) is 15.0 Å². The van der Waals surface area contributed by atoms with Crippen molar-refractivity contribution in [2.24, 2.45) is 0 Å². The van der Waals surface area contributed by atoms with Gasteiger partial charge in [0.25, 0.3) is 0 Å². The van der Waals surface area contributed by atoms with Crippen LogP contribution in [0.4, 0.5) is 11.6 Å². The fourth-order valence-corrected chi connectivity index (χ4v) is 3.93. The van der Waals surface area contributed by atoms with Crippen LogP contribution < -0.4 is 5.32 Å². The quantitative estimate of drug-likeness (QED) is 0.482. The van der Waals surface area contributed by atoms with E-state index in [9.17, 15) is 0 Å². The van der Waals surface area contributed by atoms with Gasteiger partial charge in [-0.2, -0.15) is 0 Å². The van der Waals surface area contributed by atoms with Gasteiger partial charge in [0.2, 0.25) is 5.95 Å². The van der Waals surface area contributed by atoms with Gasteiger partial charge in [0.1, 0.15) is 5.01 Å². The summed E-state index contributed by atoms with van der Waals surface area (Å²) < 4.78 is 0. The Balaban J connectivity index is 1.58. The number of anilines is 2. The first-order valence-corrected chi connectivity index (χ1v) is 9.63. The molecule has 0 aliphatic carbocycles. The van der Waals surface area contributed by atoms with E-state index in [0.29, 0.717) is 5.95 Å². The van der Waals surface area contributed by atoms with Gasteiger partial charge in [0, 0.05) is 33.1 Å². The number of nitrogens with one attached hydrogen (secondary N) is 1. The predicted molar refractivity (Wildman–Crippen MR) is 113 cm³/mol. The minimum absolute atomic E-state index is 0.622. The summed E-state index contributed by atoms with van der Waals surface area (Å²) in [5.41, 5.74) is 6.16. The van der Waals surface area contributed by atoms with Crippen molar-refractivity contribution >= 4 is 23.0 Å². The van der Waals surface area contributed by atoms with Crippen LogP contribution in [0.1, 0.15) is 16.3 Å². The summed E-state index contributed by atoms with van der Waals surface area (Å²) in [6, 6.07) is 20.5. The van der Waals surface area contributed by atoms with Crippen LogP contribution in [0.15, 0.2) is 60.7 Å². The van der Waals surface area contributed by atoms with Crippen LogP contribution in [0.5, 0.6) is 0 Å². The molecule has 0 spiro atoms. The average molecular weight is 372 g/mol. The van der Waals surface area contributed by atoms with E-state index in [4.69, 9.17) is 4.98 Å². The highest BCUT2D eigenvalue weighted by molar-refractivity contribution is 7.15. The molecule has 1 N–H and O–H groups in total. The first-order chi connectivity index (χ1) is 13.1. The van der Waals surface area contributed by atoms with Crippen molar-refractivity contribution in [3.8, 4) is 21.8 Å². The molecule has 0 bridgehead atoms. The standard InChI is InChI=1S/C22H20N4S/c1-14-13-15(2)24-22(23-14)25-19-11-9-17(10-12-19)20-16(3)27-21(26-20)18-7-5-4-6-8-18/h4-13H,1-3H3,(H,23,24,25). The van der Waals surface area contributed by atoms with Crippen LogP contribution in [0.2, 0.25) is 0 Å². The Kier molecular flexibility index (Phi) is 4.69. The van der Waals surface area contributed by atoms with Gasteiger partial charge >= 0.3 is 0 Å². The number of aromatic nitrogens is 3. The fraction of sp³-hybridized carbons (Fsp3) is 0.136. The van der Waals surface area contributed by atoms with Gasteiger partial charge < -0.3 is 5.32 Å². The molecule has 2 aromatic carbocycles. The number of thiazole rings is 1. The highest BCUT2D eigenvalue weighted by Gasteiger charge is 2.11. The summed E-state index contributed by atoms with van der Waals surface area (Å²) >= 11 is 1.73. The van der Waals surface area contributed by atoms with Crippen LogP contribution in [-0.4, -0.2) is 15.0 Å². The number of benzene rings is 2. The van der Waals surface area contributed by atoms with Gasteiger partial charge in [-0.1, -0.05) is 42.5 Å². The van der Waals surface area contributed by atoms with E-state index in [2.05, 4.69) is 46.5 Å². The predicted octanol–water partition coefficient (Wildman–Crippen LogP) is 5.94. The second kappa shape index (κ2) is 7.29.